The summed E-state index contributed by atoms with van der Waals surface area (Å²) in [6.07, 6.45) is 4.13. The van der Waals surface area contributed by atoms with Crippen molar-refractivity contribution in [3.63, 3.8) is 0 Å². The highest BCUT2D eigenvalue weighted by Gasteiger charge is 2.27. The number of ether oxygens (including phenoxy) is 1. The van der Waals surface area contributed by atoms with Gasteiger partial charge in [0.25, 0.3) is 0 Å². The molecule has 0 radical (unpaired) electrons. The second kappa shape index (κ2) is 8.46. The maximum Gasteiger partial charge on any atom is 0.469 e. The van der Waals surface area contributed by atoms with Gasteiger partial charge in [-0.2, -0.15) is 0 Å². The van der Waals surface area contributed by atoms with Crippen molar-refractivity contribution in [1.82, 2.24) is 0 Å². The molecule has 1 aromatic rings. The molecular weight excluding hydrogens is 305 g/mol. The summed E-state index contributed by atoms with van der Waals surface area (Å²) in [5.74, 6) is 0. The summed E-state index contributed by atoms with van der Waals surface area (Å²) in [5, 5.41) is 0. The van der Waals surface area contributed by atoms with Crippen molar-refractivity contribution in [2.24, 2.45) is 0 Å². The van der Waals surface area contributed by atoms with E-state index in [-0.39, 0.29) is 12.6 Å². The quantitative estimate of drug-likeness (QED) is 0.314. The van der Waals surface area contributed by atoms with Crippen LogP contribution in [0.5, 0.6) is 0 Å². The van der Waals surface area contributed by atoms with Crippen molar-refractivity contribution in [2.75, 3.05) is 34.4 Å². The van der Waals surface area contributed by atoms with Crippen LogP contribution in [-0.2, 0) is 13.8 Å². The number of likely N-dealkylation sites (N-methyl/N-ethyl adjacent to an activating group) is 1. The maximum absolute atomic E-state index is 10.8. The van der Waals surface area contributed by atoms with Crippen LogP contribution in [0.15, 0.2) is 36.6 Å². The van der Waals surface area contributed by atoms with Gasteiger partial charge in [0.1, 0.15) is 12.6 Å². The second-order valence-electron chi connectivity index (χ2n) is 5.93. The van der Waals surface area contributed by atoms with E-state index in [1.807, 2.05) is 57.6 Å². The Morgan fingerprint density at radius 3 is 2.41 bits per heavy atom. The van der Waals surface area contributed by atoms with Gasteiger partial charge in [0.2, 0.25) is 0 Å². The molecule has 0 aromatic heterocycles. The number of rotatable bonds is 9. The van der Waals surface area contributed by atoms with E-state index in [0.717, 1.165) is 5.56 Å². The predicted octanol–water partition coefficient (Wildman–Crippen LogP) is 2.25. The summed E-state index contributed by atoms with van der Waals surface area (Å²) in [5.41, 5.74) is 1.05. The van der Waals surface area contributed by atoms with Gasteiger partial charge in [-0.25, -0.2) is 4.57 Å². The normalized spacial score (nSPS) is 14.2. The average molecular weight is 330 g/mol. The lowest BCUT2D eigenvalue weighted by atomic mass is 10.2. The van der Waals surface area contributed by atoms with Crippen LogP contribution in [-0.4, -0.2) is 54.7 Å². The first-order chi connectivity index (χ1) is 10.2. The highest BCUT2D eigenvalue weighted by Crippen LogP contribution is 2.36. The van der Waals surface area contributed by atoms with E-state index in [4.69, 9.17) is 14.5 Å². The monoisotopic (exact) mass is 330 g/mol. The Morgan fingerprint density at radius 1 is 1.23 bits per heavy atom. The minimum Gasteiger partial charge on any atom is -0.501 e. The summed E-state index contributed by atoms with van der Waals surface area (Å²) >= 11 is 0. The Morgan fingerprint density at radius 2 is 1.86 bits per heavy atom. The third-order valence-electron chi connectivity index (χ3n) is 3.26. The van der Waals surface area contributed by atoms with Crippen LogP contribution in [0, 0.1) is 0 Å². The fourth-order valence-electron chi connectivity index (χ4n) is 1.84. The van der Waals surface area contributed by atoms with E-state index in [9.17, 15) is 4.57 Å². The summed E-state index contributed by atoms with van der Waals surface area (Å²) < 4.78 is 21.4. The minimum absolute atomic E-state index is 0.0143. The zero-order chi connectivity index (χ0) is 16.6. The number of hydrogen-bond donors (Lipinski definition) is 2. The number of hydrogen-bond acceptors (Lipinski definition) is 3. The van der Waals surface area contributed by atoms with E-state index < -0.39 is 7.82 Å². The average Bonchev–Trinajstić information content (AvgIpc) is 2.40. The summed E-state index contributed by atoms with van der Waals surface area (Å²) in [6.45, 7) is 0.438. The van der Waals surface area contributed by atoms with E-state index in [2.05, 4.69) is 4.52 Å². The molecule has 1 atom stereocenters. The first kappa shape index (κ1) is 18.9. The first-order valence-electron chi connectivity index (χ1n) is 7.03. The van der Waals surface area contributed by atoms with Crippen LogP contribution in [0.3, 0.4) is 0 Å². The molecule has 7 heteroatoms. The number of phosphoric ester groups is 1. The van der Waals surface area contributed by atoms with Crippen molar-refractivity contribution in [2.45, 2.75) is 12.5 Å². The molecule has 0 aliphatic carbocycles. The Bertz CT molecular complexity index is 506. The topological polar surface area (TPSA) is 76.0 Å². The van der Waals surface area contributed by atoms with Crippen molar-refractivity contribution in [3.8, 4) is 0 Å². The molecule has 0 saturated heterocycles. The van der Waals surface area contributed by atoms with Gasteiger partial charge in [-0.05, 0) is 11.6 Å². The molecular formula is C15H25NO5P+. The van der Waals surface area contributed by atoms with Crippen molar-refractivity contribution < 1.29 is 28.1 Å². The van der Waals surface area contributed by atoms with Crippen LogP contribution in [0.1, 0.15) is 12.0 Å². The van der Waals surface area contributed by atoms with Gasteiger partial charge in [-0.3, -0.25) is 4.52 Å². The van der Waals surface area contributed by atoms with Gasteiger partial charge in [-0.1, -0.05) is 30.3 Å². The fraction of sp³-hybridized carbons (Fsp3) is 0.467. The second-order valence-corrected chi connectivity index (χ2v) is 7.17. The Balaban J connectivity index is 2.40. The molecule has 0 spiro atoms. The standard InChI is InChI=1S/C15H24NO5P/c1-16(2,3)15(13-21-22(17,18)19)10-12-20-11-9-14-7-5-4-6-8-14/h4-9,11,15H,10,12-13H2,1-3H3,(H-,17,18,19)/p+1. The third kappa shape index (κ3) is 8.32. The van der Waals surface area contributed by atoms with Crippen molar-refractivity contribution in [1.29, 1.82) is 0 Å². The largest absolute Gasteiger partial charge is 0.501 e. The zero-order valence-corrected chi connectivity index (χ0v) is 14.1. The molecule has 124 valence electrons. The molecule has 0 aliphatic heterocycles. The van der Waals surface area contributed by atoms with Crippen molar-refractivity contribution in [3.05, 3.63) is 42.2 Å². The van der Waals surface area contributed by atoms with Crippen LogP contribution < -0.4 is 0 Å². The lowest BCUT2D eigenvalue weighted by Crippen LogP contribution is -2.48. The van der Waals surface area contributed by atoms with E-state index in [1.165, 1.54) is 0 Å². The third-order valence-corrected chi connectivity index (χ3v) is 3.74. The smallest absolute Gasteiger partial charge is 0.469 e. The SMILES string of the molecule is C[N+](C)(C)C(CCOC=Cc1ccccc1)COP(=O)(O)O. The zero-order valence-electron chi connectivity index (χ0n) is 13.3. The molecule has 0 fully saturated rings. The van der Waals surface area contributed by atoms with E-state index >= 15 is 0 Å². The number of phosphoric acid groups is 1. The van der Waals surface area contributed by atoms with Gasteiger partial charge in [-0.15, -0.1) is 0 Å². The van der Waals surface area contributed by atoms with Crippen LogP contribution in [0.4, 0.5) is 0 Å². The van der Waals surface area contributed by atoms with Crippen LogP contribution in [0.2, 0.25) is 0 Å². The Hall–Kier alpha value is -1.17. The summed E-state index contributed by atoms with van der Waals surface area (Å²) in [7, 11) is 1.42. The van der Waals surface area contributed by atoms with E-state index in [0.29, 0.717) is 17.5 Å². The molecule has 1 rings (SSSR count). The molecule has 22 heavy (non-hydrogen) atoms. The number of quaternary nitrogens is 1. The fourth-order valence-corrected chi connectivity index (χ4v) is 2.21. The Kier molecular flexibility index (Phi) is 7.26. The highest BCUT2D eigenvalue weighted by molar-refractivity contribution is 7.46. The van der Waals surface area contributed by atoms with Gasteiger partial charge in [0.05, 0.1) is 34.0 Å². The highest BCUT2D eigenvalue weighted by atomic mass is 31.2. The summed E-state index contributed by atoms with van der Waals surface area (Å²) in [6, 6.07) is 9.73. The summed E-state index contributed by atoms with van der Waals surface area (Å²) in [4.78, 5) is 17.6. The predicted molar refractivity (Wildman–Crippen MR) is 85.9 cm³/mol. The molecule has 6 nitrogen and oxygen atoms in total. The molecule has 0 saturated carbocycles. The first-order valence-corrected chi connectivity index (χ1v) is 8.56. The number of benzene rings is 1. The maximum atomic E-state index is 10.8. The van der Waals surface area contributed by atoms with Gasteiger partial charge < -0.3 is 19.0 Å². The lowest BCUT2D eigenvalue weighted by molar-refractivity contribution is -0.896. The molecule has 0 aliphatic rings. The molecule has 0 bridgehead atoms. The van der Waals surface area contributed by atoms with Crippen molar-refractivity contribution >= 4 is 13.9 Å². The molecule has 0 heterocycles. The minimum atomic E-state index is -4.44. The molecule has 1 unspecified atom stereocenters. The molecule has 0 amide bonds. The van der Waals surface area contributed by atoms with Gasteiger partial charge in [0.15, 0.2) is 0 Å². The molecule has 2 N–H and O–H groups in total. The van der Waals surface area contributed by atoms with Gasteiger partial charge in [0, 0.05) is 6.42 Å². The van der Waals surface area contributed by atoms with Gasteiger partial charge >= 0.3 is 7.82 Å². The van der Waals surface area contributed by atoms with Crippen LogP contribution in [0.25, 0.3) is 6.08 Å². The molecule has 1 aromatic carbocycles. The number of nitrogens with zero attached hydrogens (tertiary/aromatic N) is 1. The van der Waals surface area contributed by atoms with Crippen LogP contribution >= 0.6 is 7.82 Å². The Labute approximate surface area is 131 Å². The lowest BCUT2D eigenvalue weighted by Gasteiger charge is -2.33. The van der Waals surface area contributed by atoms with E-state index in [1.54, 1.807) is 6.26 Å².